The summed E-state index contributed by atoms with van der Waals surface area (Å²) in [5.74, 6) is 0.635. The molecule has 4 heteroatoms. The summed E-state index contributed by atoms with van der Waals surface area (Å²) in [6.45, 7) is 4.56. The molecule has 0 N–H and O–H groups in total. The molecule has 4 nitrogen and oxygen atoms in total. The lowest BCUT2D eigenvalue weighted by atomic mass is 9.70. The van der Waals surface area contributed by atoms with Crippen molar-refractivity contribution >= 4 is 21.8 Å². The van der Waals surface area contributed by atoms with Gasteiger partial charge in [0.05, 0.1) is 22.9 Å². The molecule has 196 valence electrons. The highest BCUT2D eigenvalue weighted by Gasteiger charge is 2.34. The van der Waals surface area contributed by atoms with E-state index in [9.17, 15) is 0 Å². The monoisotopic (exact) mass is 513 g/mol. The van der Waals surface area contributed by atoms with Gasteiger partial charge in [-0.2, -0.15) is 0 Å². The molecule has 6 rings (SSSR count). The van der Waals surface area contributed by atoms with Crippen molar-refractivity contribution in [3.63, 3.8) is 0 Å². The average Bonchev–Trinajstić information content (AvgIpc) is 3.65. The highest BCUT2D eigenvalue weighted by Crippen LogP contribution is 2.42. The molecule has 0 unspecified atom stereocenters. The molecule has 0 saturated heterocycles. The maximum Gasteiger partial charge on any atom is 0.225 e. The van der Waals surface area contributed by atoms with Crippen LogP contribution in [0.4, 0.5) is 0 Å². The van der Waals surface area contributed by atoms with Gasteiger partial charge in [-0.1, -0.05) is 82.0 Å². The molecule has 0 aliphatic heterocycles. The zero-order valence-corrected chi connectivity index (χ0v) is 22.8. The van der Waals surface area contributed by atoms with Gasteiger partial charge >= 0.3 is 0 Å². The van der Waals surface area contributed by atoms with E-state index in [1.54, 1.807) is 12.5 Å². The van der Waals surface area contributed by atoms with Crippen molar-refractivity contribution < 1.29 is 4.42 Å². The van der Waals surface area contributed by atoms with Crippen LogP contribution < -0.4 is 0 Å². The summed E-state index contributed by atoms with van der Waals surface area (Å²) in [5, 5.41) is 2.46. The fourth-order valence-electron chi connectivity index (χ4n) is 6.11. The third-order valence-corrected chi connectivity index (χ3v) is 8.08. The number of fused-ring (bicyclic) bond motifs is 3. The van der Waals surface area contributed by atoms with Gasteiger partial charge in [-0.3, -0.25) is 4.98 Å². The Labute approximate surface area is 230 Å². The van der Waals surface area contributed by atoms with Crippen molar-refractivity contribution in [3.05, 3.63) is 115 Å². The molecule has 0 aliphatic rings. The van der Waals surface area contributed by atoms with Crippen LogP contribution in [0.5, 0.6) is 0 Å². The first-order valence-electron chi connectivity index (χ1n) is 14.2. The molecule has 39 heavy (non-hydrogen) atoms. The predicted molar refractivity (Wildman–Crippen MR) is 160 cm³/mol. The molecule has 0 aliphatic carbocycles. The van der Waals surface area contributed by atoms with E-state index in [1.807, 2.05) is 12.3 Å². The first kappa shape index (κ1) is 25.1. The predicted octanol–water partition coefficient (Wildman–Crippen LogP) is 9.50. The zero-order chi connectivity index (χ0) is 26.7. The van der Waals surface area contributed by atoms with Gasteiger partial charge in [-0.05, 0) is 60.9 Å². The second-order valence-electron chi connectivity index (χ2n) is 10.5. The third-order valence-electron chi connectivity index (χ3n) is 8.08. The van der Waals surface area contributed by atoms with Gasteiger partial charge in [-0.25, -0.2) is 4.98 Å². The number of unbranched alkanes of at least 4 members (excludes halogenated alkanes) is 2. The van der Waals surface area contributed by atoms with E-state index < -0.39 is 0 Å². The van der Waals surface area contributed by atoms with Crippen molar-refractivity contribution in [1.82, 2.24) is 14.5 Å². The second-order valence-corrected chi connectivity index (χ2v) is 10.5. The Morgan fingerprint density at radius 1 is 0.718 bits per heavy atom. The molecule has 0 fully saturated rings. The summed E-state index contributed by atoms with van der Waals surface area (Å²) < 4.78 is 8.04. The SMILES string of the molecule is CCCCC(CCCC)(c1cccc(-n2c3ccccc3c3ccc(-c4ncco4)cc32)c1)c1ccccn1. The van der Waals surface area contributed by atoms with Gasteiger partial charge in [0.25, 0.3) is 0 Å². The molecule has 0 spiro atoms. The third kappa shape index (κ3) is 4.54. The van der Waals surface area contributed by atoms with Crippen molar-refractivity contribution in [2.45, 2.75) is 57.8 Å². The minimum Gasteiger partial charge on any atom is -0.445 e. The number of benzene rings is 3. The Morgan fingerprint density at radius 3 is 2.26 bits per heavy atom. The lowest BCUT2D eigenvalue weighted by Crippen LogP contribution is -2.29. The molecule has 3 aromatic heterocycles. The number of aromatic nitrogens is 3. The van der Waals surface area contributed by atoms with Gasteiger partial charge in [0, 0.05) is 33.6 Å². The minimum atomic E-state index is -0.120. The first-order valence-corrected chi connectivity index (χ1v) is 14.2. The van der Waals surface area contributed by atoms with Gasteiger partial charge in [-0.15, -0.1) is 0 Å². The van der Waals surface area contributed by atoms with Crippen LogP contribution in [-0.2, 0) is 5.41 Å². The van der Waals surface area contributed by atoms with Crippen LogP contribution >= 0.6 is 0 Å². The van der Waals surface area contributed by atoms with Crippen molar-refractivity contribution in [1.29, 1.82) is 0 Å². The fraction of sp³-hybridized carbons (Fsp3) is 0.257. The second kappa shape index (κ2) is 10.9. The Hall–Kier alpha value is -4.18. The summed E-state index contributed by atoms with van der Waals surface area (Å²) in [7, 11) is 0. The number of nitrogens with zero attached hydrogens (tertiary/aromatic N) is 3. The van der Waals surface area contributed by atoms with Crippen LogP contribution in [0.1, 0.15) is 63.6 Å². The van der Waals surface area contributed by atoms with Crippen molar-refractivity contribution in [3.8, 4) is 17.1 Å². The number of para-hydroxylation sites is 1. The van der Waals surface area contributed by atoms with Gasteiger partial charge in [0.2, 0.25) is 5.89 Å². The summed E-state index contributed by atoms with van der Waals surface area (Å²) in [5.41, 5.74) is 6.88. The molecule has 0 bridgehead atoms. The van der Waals surface area contributed by atoms with Gasteiger partial charge < -0.3 is 8.98 Å². The number of oxazole rings is 1. The lowest BCUT2D eigenvalue weighted by molar-refractivity contribution is 0.396. The standard InChI is InChI=1S/C35H35N3O/c1-3-5-19-35(20-6-4-2,33-16-9-10-21-36-33)27-12-11-13-28(25-27)38-31-15-8-7-14-29(31)30-18-17-26(24-32(30)38)34-37-22-23-39-34/h7-18,21-25H,3-6,19-20H2,1-2H3. The zero-order valence-electron chi connectivity index (χ0n) is 22.8. The molecular formula is C35H35N3O. The molecule has 0 atom stereocenters. The van der Waals surface area contributed by atoms with Crippen molar-refractivity contribution in [2.24, 2.45) is 0 Å². The molecule has 3 heterocycles. The maximum atomic E-state index is 5.65. The number of pyridine rings is 1. The van der Waals surface area contributed by atoms with E-state index in [4.69, 9.17) is 9.40 Å². The quantitative estimate of drug-likeness (QED) is 0.183. The highest BCUT2D eigenvalue weighted by atomic mass is 16.3. The smallest absolute Gasteiger partial charge is 0.225 e. The number of rotatable bonds is 10. The van der Waals surface area contributed by atoms with E-state index in [2.05, 4.69) is 102 Å². The van der Waals surface area contributed by atoms with Crippen LogP contribution in [0.25, 0.3) is 38.9 Å². The van der Waals surface area contributed by atoms with Crippen LogP contribution in [0, 0.1) is 0 Å². The van der Waals surface area contributed by atoms with Crippen LogP contribution in [0.3, 0.4) is 0 Å². The largest absolute Gasteiger partial charge is 0.445 e. The van der Waals surface area contributed by atoms with E-state index >= 15 is 0 Å². The Balaban J connectivity index is 1.58. The summed E-state index contributed by atoms with van der Waals surface area (Å²) in [4.78, 5) is 9.35. The van der Waals surface area contributed by atoms with E-state index in [0.29, 0.717) is 5.89 Å². The molecular weight excluding hydrogens is 478 g/mol. The summed E-state index contributed by atoms with van der Waals surface area (Å²) in [6.07, 6.45) is 12.1. The van der Waals surface area contributed by atoms with E-state index in [0.717, 1.165) is 42.5 Å². The number of hydrogen-bond acceptors (Lipinski definition) is 3. The normalized spacial score (nSPS) is 11.9. The van der Waals surface area contributed by atoms with Crippen molar-refractivity contribution in [2.75, 3.05) is 0 Å². The molecule has 6 aromatic rings. The fourth-order valence-corrected chi connectivity index (χ4v) is 6.11. The summed E-state index contributed by atoms with van der Waals surface area (Å²) in [6, 6.07) is 30.7. The minimum absolute atomic E-state index is 0.120. The van der Waals surface area contributed by atoms with Gasteiger partial charge in [0.15, 0.2) is 0 Å². The van der Waals surface area contributed by atoms with Crippen LogP contribution in [-0.4, -0.2) is 14.5 Å². The number of hydrogen-bond donors (Lipinski definition) is 0. The molecule has 0 radical (unpaired) electrons. The molecule has 0 amide bonds. The Kier molecular flexibility index (Phi) is 7.02. The first-order chi connectivity index (χ1) is 19.2. The maximum absolute atomic E-state index is 5.65. The molecule has 3 aromatic carbocycles. The van der Waals surface area contributed by atoms with Crippen LogP contribution in [0.15, 0.2) is 108 Å². The van der Waals surface area contributed by atoms with Gasteiger partial charge in [0.1, 0.15) is 6.26 Å². The van der Waals surface area contributed by atoms with Crippen LogP contribution in [0.2, 0.25) is 0 Å². The Morgan fingerprint density at radius 2 is 1.51 bits per heavy atom. The Bertz CT molecular complexity index is 1670. The average molecular weight is 514 g/mol. The van der Waals surface area contributed by atoms with E-state index in [-0.39, 0.29) is 5.41 Å². The highest BCUT2D eigenvalue weighted by molar-refractivity contribution is 6.10. The van der Waals surface area contributed by atoms with E-state index in [1.165, 1.54) is 40.4 Å². The lowest BCUT2D eigenvalue weighted by Gasteiger charge is -2.35. The topological polar surface area (TPSA) is 43.9 Å². The summed E-state index contributed by atoms with van der Waals surface area (Å²) >= 11 is 0. The molecule has 0 saturated carbocycles.